The normalized spacial score (nSPS) is 12.9. The number of carboxylic acids is 2. The number of hydrogen-bond acceptors (Lipinski definition) is 8. The molecule has 0 unspecified atom stereocenters. The third-order valence-electron chi connectivity index (χ3n) is 10.2. The largest absolute Gasteiger partial charge is 0.481 e. The lowest BCUT2D eigenvalue weighted by molar-refractivity contribution is -0.137. The van der Waals surface area contributed by atoms with Crippen LogP contribution in [0.3, 0.4) is 0 Å². The highest BCUT2D eigenvalue weighted by Gasteiger charge is 2.29. The molecular formula is C43H52N4O8S2. The lowest BCUT2D eigenvalue weighted by atomic mass is 9.95. The molecule has 57 heavy (non-hydrogen) atoms. The number of nitrogens with one attached hydrogen (secondary N) is 2. The quantitative estimate of drug-likeness (QED) is 0.0744. The first-order chi connectivity index (χ1) is 27.1. The molecule has 0 bridgehead atoms. The average Bonchev–Trinajstić information content (AvgIpc) is 3.54. The van der Waals surface area contributed by atoms with Crippen LogP contribution in [0.2, 0.25) is 0 Å². The van der Waals surface area contributed by atoms with Gasteiger partial charge in [0.1, 0.15) is 5.00 Å². The predicted molar refractivity (Wildman–Crippen MR) is 223 cm³/mol. The molecule has 0 fully saturated rings. The summed E-state index contributed by atoms with van der Waals surface area (Å²) in [6.45, 7) is 8.78. The van der Waals surface area contributed by atoms with Gasteiger partial charge in [0.05, 0.1) is 16.0 Å². The van der Waals surface area contributed by atoms with Crippen LogP contribution < -0.4 is 10.6 Å². The molecule has 0 aliphatic heterocycles. The monoisotopic (exact) mass is 816 g/mol. The summed E-state index contributed by atoms with van der Waals surface area (Å²) < 4.78 is 29.4. The number of thiophene rings is 1. The molecule has 0 saturated carbocycles. The van der Waals surface area contributed by atoms with Crippen LogP contribution in [0.5, 0.6) is 0 Å². The Balaban J connectivity index is 1.31. The molecular weight excluding hydrogens is 765 g/mol. The van der Waals surface area contributed by atoms with Gasteiger partial charge in [-0.15, -0.1) is 11.3 Å². The maximum Gasteiger partial charge on any atom is 0.335 e. The molecule has 5 rings (SSSR count). The van der Waals surface area contributed by atoms with Crippen LogP contribution in [-0.4, -0.2) is 83.3 Å². The molecule has 1 aliphatic rings. The molecule has 4 aromatic rings. The summed E-state index contributed by atoms with van der Waals surface area (Å²) in [6.07, 6.45) is 4.81. The van der Waals surface area contributed by atoms with Crippen molar-refractivity contribution in [2.45, 2.75) is 96.0 Å². The number of aromatic carboxylic acids is 1. The molecule has 1 heterocycles. The molecule has 4 N–H and O–H groups in total. The maximum atomic E-state index is 14.1. The first kappa shape index (κ1) is 43.2. The van der Waals surface area contributed by atoms with E-state index in [1.807, 2.05) is 64.1 Å². The van der Waals surface area contributed by atoms with Crippen molar-refractivity contribution in [1.29, 1.82) is 0 Å². The third kappa shape index (κ3) is 11.4. The van der Waals surface area contributed by atoms with Gasteiger partial charge in [-0.1, -0.05) is 30.3 Å². The number of carbonyl (C=O) groups is 4. The molecule has 3 aromatic carbocycles. The fraction of sp³-hybridized carbons (Fsp3) is 0.395. The van der Waals surface area contributed by atoms with Gasteiger partial charge in [0.25, 0.3) is 11.8 Å². The predicted octanol–water partition coefficient (Wildman–Crippen LogP) is 7.59. The highest BCUT2D eigenvalue weighted by molar-refractivity contribution is 7.89. The highest BCUT2D eigenvalue weighted by atomic mass is 32.2. The highest BCUT2D eigenvalue weighted by Crippen LogP contribution is 2.39. The van der Waals surface area contributed by atoms with E-state index < -0.39 is 27.9 Å². The number of aliphatic carboxylic acids is 1. The van der Waals surface area contributed by atoms with E-state index in [1.165, 1.54) is 39.9 Å². The topological polar surface area (TPSA) is 173 Å². The van der Waals surface area contributed by atoms with Gasteiger partial charge in [-0.2, -0.15) is 4.31 Å². The lowest BCUT2D eigenvalue weighted by Gasteiger charge is -2.33. The number of nitrogens with zero attached hydrogens (tertiary/aromatic N) is 2. The summed E-state index contributed by atoms with van der Waals surface area (Å²) in [7, 11) is -4.11. The number of rotatable bonds is 19. The Hall–Kier alpha value is -4.89. The minimum atomic E-state index is -4.11. The molecule has 1 aliphatic carbocycles. The molecule has 0 spiro atoms. The van der Waals surface area contributed by atoms with E-state index in [-0.39, 0.29) is 59.9 Å². The number of fused-ring (bicyclic) bond motifs is 1. The standard InChI is InChI=1S/C43H52N4O8S2/c1-28(2)47(29(3)4)26-25-46(24-8-13-38(48)49)57(54,55)35-10-7-9-33(27-35)40(50)45-42-39(36-11-5-6-12-37(36)56-42)41(51)44-34-22-18-31(19-23-34)15-14-30-16-20-32(21-17-30)43(52)53/h7,9-10,16-23,27-29H,5-6,8,11-15,24-26H2,1-4H3,(H,44,51)(H,45,50)(H,48,49)(H,52,53). The Bertz CT molecular complexity index is 2160. The molecule has 0 radical (unpaired) electrons. The Kier molecular flexibility index (Phi) is 14.8. The Morgan fingerprint density at radius 2 is 1.39 bits per heavy atom. The fourth-order valence-corrected chi connectivity index (χ4v) is 9.96. The first-order valence-electron chi connectivity index (χ1n) is 19.4. The van der Waals surface area contributed by atoms with Crippen LogP contribution in [0.25, 0.3) is 0 Å². The number of carbonyl (C=O) groups excluding carboxylic acids is 2. The van der Waals surface area contributed by atoms with Gasteiger partial charge in [-0.25, -0.2) is 13.2 Å². The van der Waals surface area contributed by atoms with Crippen LogP contribution in [0.15, 0.2) is 77.7 Å². The van der Waals surface area contributed by atoms with E-state index >= 15 is 0 Å². The van der Waals surface area contributed by atoms with Crippen molar-refractivity contribution < 1.29 is 37.8 Å². The number of benzene rings is 3. The van der Waals surface area contributed by atoms with Crippen molar-refractivity contribution in [3.8, 4) is 0 Å². The van der Waals surface area contributed by atoms with E-state index in [0.717, 1.165) is 53.7 Å². The second-order valence-corrected chi connectivity index (χ2v) is 17.9. The van der Waals surface area contributed by atoms with Gasteiger partial charge in [-0.05, 0) is 132 Å². The number of hydrogen-bond donors (Lipinski definition) is 4. The van der Waals surface area contributed by atoms with Gasteiger partial charge in [0.15, 0.2) is 0 Å². The number of aryl methyl sites for hydroxylation is 3. The number of amides is 2. The zero-order valence-electron chi connectivity index (χ0n) is 32.9. The van der Waals surface area contributed by atoms with Crippen molar-refractivity contribution in [2.24, 2.45) is 0 Å². The second-order valence-electron chi connectivity index (χ2n) is 14.9. The third-order valence-corrected chi connectivity index (χ3v) is 13.3. The van der Waals surface area contributed by atoms with E-state index in [4.69, 9.17) is 5.11 Å². The van der Waals surface area contributed by atoms with Gasteiger partial charge in [-0.3, -0.25) is 19.3 Å². The van der Waals surface area contributed by atoms with Crippen molar-refractivity contribution >= 4 is 55.8 Å². The average molecular weight is 817 g/mol. The lowest BCUT2D eigenvalue weighted by Crippen LogP contribution is -2.44. The molecule has 14 heteroatoms. The summed E-state index contributed by atoms with van der Waals surface area (Å²) in [5.41, 5.74) is 4.34. The van der Waals surface area contributed by atoms with Crippen molar-refractivity contribution in [3.05, 3.63) is 111 Å². The molecule has 1 aromatic heterocycles. The molecule has 0 saturated heterocycles. The summed E-state index contributed by atoms with van der Waals surface area (Å²) in [6, 6.07) is 20.5. The summed E-state index contributed by atoms with van der Waals surface area (Å²) in [5.74, 6) is -2.86. The Labute approximate surface area is 339 Å². The van der Waals surface area contributed by atoms with Crippen molar-refractivity contribution in [1.82, 2.24) is 9.21 Å². The van der Waals surface area contributed by atoms with Crippen LogP contribution in [-0.2, 0) is 40.5 Å². The zero-order chi connectivity index (χ0) is 41.3. The fourth-order valence-electron chi connectivity index (χ4n) is 7.17. The van der Waals surface area contributed by atoms with Gasteiger partial charge < -0.3 is 20.8 Å². The zero-order valence-corrected chi connectivity index (χ0v) is 34.5. The van der Waals surface area contributed by atoms with E-state index in [9.17, 15) is 32.7 Å². The molecule has 0 atom stereocenters. The van der Waals surface area contributed by atoms with E-state index in [2.05, 4.69) is 15.5 Å². The summed E-state index contributed by atoms with van der Waals surface area (Å²) in [4.78, 5) is 53.3. The van der Waals surface area contributed by atoms with Crippen LogP contribution in [0.1, 0.15) is 106 Å². The number of sulfonamides is 1. The Morgan fingerprint density at radius 1 is 0.754 bits per heavy atom. The maximum absolute atomic E-state index is 14.1. The SMILES string of the molecule is CC(C)N(CCN(CCCC(=O)O)S(=O)(=O)c1cccc(C(=O)Nc2sc3c(c2C(=O)Nc2ccc(CCc4ccc(C(=O)O)cc4)cc2)CCCC3)c1)C(C)C. The van der Waals surface area contributed by atoms with Crippen molar-refractivity contribution in [3.63, 3.8) is 0 Å². The van der Waals surface area contributed by atoms with Gasteiger partial charge in [0, 0.05) is 54.3 Å². The smallest absolute Gasteiger partial charge is 0.335 e. The minimum absolute atomic E-state index is 0.0155. The van der Waals surface area contributed by atoms with Gasteiger partial charge in [0.2, 0.25) is 10.0 Å². The van der Waals surface area contributed by atoms with Crippen LogP contribution in [0, 0.1) is 0 Å². The summed E-state index contributed by atoms with van der Waals surface area (Å²) in [5, 5.41) is 24.7. The second kappa shape index (κ2) is 19.5. The van der Waals surface area contributed by atoms with E-state index in [0.29, 0.717) is 29.2 Å². The number of anilines is 2. The van der Waals surface area contributed by atoms with Crippen LogP contribution >= 0.6 is 11.3 Å². The first-order valence-corrected chi connectivity index (χ1v) is 21.7. The van der Waals surface area contributed by atoms with Crippen molar-refractivity contribution in [2.75, 3.05) is 30.3 Å². The van der Waals surface area contributed by atoms with Gasteiger partial charge >= 0.3 is 11.9 Å². The number of carboxylic acid groups (broad SMARTS) is 2. The minimum Gasteiger partial charge on any atom is -0.481 e. The van der Waals surface area contributed by atoms with E-state index in [1.54, 1.807) is 12.1 Å². The van der Waals surface area contributed by atoms with Crippen LogP contribution in [0.4, 0.5) is 10.7 Å². The summed E-state index contributed by atoms with van der Waals surface area (Å²) >= 11 is 1.37. The Morgan fingerprint density at radius 3 is 2.00 bits per heavy atom. The molecule has 12 nitrogen and oxygen atoms in total. The molecule has 304 valence electrons. The molecule has 2 amide bonds.